The third-order valence-corrected chi connectivity index (χ3v) is 6.58. The van der Waals surface area contributed by atoms with Gasteiger partial charge in [0.05, 0.1) is 17.3 Å². The van der Waals surface area contributed by atoms with Crippen molar-refractivity contribution in [2.75, 3.05) is 13.2 Å². The Kier molecular flexibility index (Phi) is 6.72. The lowest BCUT2D eigenvalue weighted by atomic mass is 10.2. The summed E-state index contributed by atoms with van der Waals surface area (Å²) in [5, 5.41) is 7.12. The molecule has 0 saturated heterocycles. The van der Waals surface area contributed by atoms with E-state index in [1.165, 1.54) is 11.3 Å². The van der Waals surface area contributed by atoms with Gasteiger partial charge in [-0.25, -0.2) is 4.79 Å². The standard InChI is InChI=1S/C22H17Cl3N2O3S/c1-13-16-11-20(22(28)30-9-8-29-19-7-6-15(23)10-18(19)25)31-21(16)27(26-13)12-14-4-2-3-5-17(14)24/h2-7,10-11H,8-9,12H2,1H3. The second-order valence-electron chi connectivity index (χ2n) is 6.72. The highest BCUT2D eigenvalue weighted by molar-refractivity contribution is 7.20. The fourth-order valence-electron chi connectivity index (χ4n) is 3.06. The first-order chi connectivity index (χ1) is 14.9. The molecule has 4 rings (SSSR count). The zero-order valence-electron chi connectivity index (χ0n) is 16.4. The van der Waals surface area contributed by atoms with Crippen molar-refractivity contribution in [3.8, 4) is 5.75 Å². The van der Waals surface area contributed by atoms with Crippen LogP contribution in [0, 0.1) is 6.92 Å². The number of ether oxygens (including phenoxy) is 2. The molecular weight excluding hydrogens is 479 g/mol. The van der Waals surface area contributed by atoms with Crippen LogP contribution in [0.2, 0.25) is 15.1 Å². The fourth-order valence-corrected chi connectivity index (χ4v) is 4.77. The second-order valence-corrected chi connectivity index (χ2v) is 9.00. The topological polar surface area (TPSA) is 53.4 Å². The lowest BCUT2D eigenvalue weighted by Crippen LogP contribution is -2.11. The predicted octanol–water partition coefficient (Wildman–Crippen LogP) is 6.65. The summed E-state index contributed by atoms with van der Waals surface area (Å²) in [5.74, 6) is 0.0787. The summed E-state index contributed by atoms with van der Waals surface area (Å²) < 4.78 is 12.8. The van der Waals surface area contributed by atoms with E-state index in [1.54, 1.807) is 18.2 Å². The van der Waals surface area contributed by atoms with Crippen molar-refractivity contribution >= 4 is 62.3 Å². The summed E-state index contributed by atoms with van der Waals surface area (Å²) in [6.07, 6.45) is 0. The number of carbonyl (C=O) groups excluding carboxylic acids is 1. The average molecular weight is 496 g/mol. The van der Waals surface area contributed by atoms with Gasteiger partial charge in [0.25, 0.3) is 0 Å². The van der Waals surface area contributed by atoms with Gasteiger partial charge in [0.1, 0.15) is 28.7 Å². The monoisotopic (exact) mass is 494 g/mol. The van der Waals surface area contributed by atoms with Gasteiger partial charge < -0.3 is 9.47 Å². The number of hydrogen-bond donors (Lipinski definition) is 0. The van der Waals surface area contributed by atoms with E-state index in [1.807, 2.05) is 41.9 Å². The Balaban J connectivity index is 1.41. The van der Waals surface area contributed by atoms with Crippen LogP contribution < -0.4 is 4.74 Å². The molecule has 0 aliphatic heterocycles. The Morgan fingerprint density at radius 3 is 2.65 bits per heavy atom. The Bertz CT molecular complexity index is 1250. The van der Waals surface area contributed by atoms with Gasteiger partial charge in [-0.2, -0.15) is 5.10 Å². The number of aryl methyl sites for hydroxylation is 1. The molecule has 0 spiro atoms. The maximum Gasteiger partial charge on any atom is 0.348 e. The number of carbonyl (C=O) groups is 1. The number of rotatable bonds is 7. The highest BCUT2D eigenvalue weighted by Gasteiger charge is 2.18. The van der Waals surface area contributed by atoms with Gasteiger partial charge in [-0.15, -0.1) is 11.3 Å². The van der Waals surface area contributed by atoms with E-state index in [0.717, 1.165) is 21.5 Å². The zero-order valence-corrected chi connectivity index (χ0v) is 19.5. The molecule has 0 aliphatic rings. The minimum Gasteiger partial charge on any atom is -0.488 e. The molecule has 0 fully saturated rings. The number of nitrogens with zero attached hydrogens (tertiary/aromatic N) is 2. The molecule has 31 heavy (non-hydrogen) atoms. The van der Waals surface area contributed by atoms with E-state index < -0.39 is 5.97 Å². The maximum absolute atomic E-state index is 12.5. The molecule has 0 atom stereocenters. The molecule has 160 valence electrons. The Morgan fingerprint density at radius 1 is 1.06 bits per heavy atom. The maximum atomic E-state index is 12.5. The molecule has 0 amide bonds. The SMILES string of the molecule is Cc1nn(Cc2ccccc2Cl)c2sc(C(=O)OCCOc3ccc(Cl)cc3Cl)cc12. The van der Waals surface area contributed by atoms with E-state index in [9.17, 15) is 4.79 Å². The number of fused-ring (bicyclic) bond motifs is 1. The van der Waals surface area contributed by atoms with Crippen molar-refractivity contribution in [1.82, 2.24) is 9.78 Å². The number of halogens is 3. The molecule has 2 heterocycles. The normalized spacial score (nSPS) is 11.1. The largest absolute Gasteiger partial charge is 0.488 e. The van der Waals surface area contributed by atoms with Crippen LogP contribution in [0.5, 0.6) is 5.75 Å². The summed E-state index contributed by atoms with van der Waals surface area (Å²) in [6, 6.07) is 14.4. The number of hydrogen-bond acceptors (Lipinski definition) is 5. The fraction of sp³-hybridized carbons (Fsp3) is 0.182. The van der Waals surface area contributed by atoms with E-state index >= 15 is 0 Å². The molecule has 5 nitrogen and oxygen atoms in total. The van der Waals surface area contributed by atoms with E-state index in [2.05, 4.69) is 5.10 Å². The van der Waals surface area contributed by atoms with Crippen molar-refractivity contribution < 1.29 is 14.3 Å². The third-order valence-electron chi connectivity index (χ3n) is 4.55. The molecule has 2 aromatic heterocycles. The minimum absolute atomic E-state index is 0.0940. The quantitative estimate of drug-likeness (QED) is 0.213. The number of benzene rings is 2. The average Bonchev–Trinajstić information content (AvgIpc) is 3.29. The number of aromatic nitrogens is 2. The highest BCUT2D eigenvalue weighted by Crippen LogP contribution is 2.30. The summed E-state index contributed by atoms with van der Waals surface area (Å²) in [5.41, 5.74) is 1.81. The van der Waals surface area contributed by atoms with E-state index in [-0.39, 0.29) is 13.2 Å². The Labute approximate surface area is 198 Å². The van der Waals surface area contributed by atoms with Gasteiger partial charge in [0.2, 0.25) is 0 Å². The third kappa shape index (κ3) is 4.99. The van der Waals surface area contributed by atoms with Gasteiger partial charge >= 0.3 is 5.97 Å². The molecule has 0 saturated carbocycles. The van der Waals surface area contributed by atoms with Gasteiger partial charge in [-0.1, -0.05) is 53.0 Å². The molecule has 2 aromatic carbocycles. The van der Waals surface area contributed by atoms with Gasteiger partial charge in [0, 0.05) is 15.4 Å². The van der Waals surface area contributed by atoms with Crippen molar-refractivity contribution in [2.24, 2.45) is 0 Å². The summed E-state index contributed by atoms with van der Waals surface area (Å²) in [6.45, 7) is 2.71. The van der Waals surface area contributed by atoms with Crippen LogP contribution in [0.15, 0.2) is 48.5 Å². The summed E-state index contributed by atoms with van der Waals surface area (Å²) in [4.78, 5) is 13.9. The zero-order chi connectivity index (χ0) is 22.0. The van der Waals surface area contributed by atoms with Crippen LogP contribution >= 0.6 is 46.1 Å². The van der Waals surface area contributed by atoms with Gasteiger partial charge in [0.15, 0.2) is 0 Å². The Hall–Kier alpha value is -2.25. The number of thiophene rings is 1. The summed E-state index contributed by atoms with van der Waals surface area (Å²) >= 11 is 19.6. The molecule has 9 heteroatoms. The molecule has 0 N–H and O–H groups in total. The van der Waals surface area contributed by atoms with Crippen molar-refractivity contribution in [1.29, 1.82) is 0 Å². The van der Waals surface area contributed by atoms with Gasteiger partial charge in [-0.05, 0) is 42.8 Å². The van der Waals surface area contributed by atoms with Crippen molar-refractivity contribution in [3.05, 3.63) is 79.7 Å². The van der Waals surface area contributed by atoms with E-state index in [4.69, 9.17) is 44.3 Å². The van der Waals surface area contributed by atoms with Crippen LogP contribution in [0.3, 0.4) is 0 Å². The predicted molar refractivity (Wildman–Crippen MR) is 125 cm³/mol. The van der Waals surface area contributed by atoms with Crippen LogP contribution in [-0.2, 0) is 11.3 Å². The van der Waals surface area contributed by atoms with Crippen molar-refractivity contribution in [3.63, 3.8) is 0 Å². The van der Waals surface area contributed by atoms with E-state index in [0.29, 0.717) is 32.2 Å². The molecule has 0 bridgehead atoms. The Morgan fingerprint density at radius 2 is 1.87 bits per heavy atom. The lowest BCUT2D eigenvalue weighted by Gasteiger charge is -2.08. The molecule has 0 aliphatic carbocycles. The summed E-state index contributed by atoms with van der Waals surface area (Å²) in [7, 11) is 0. The van der Waals surface area contributed by atoms with Crippen LogP contribution in [-0.4, -0.2) is 29.0 Å². The lowest BCUT2D eigenvalue weighted by molar-refractivity contribution is 0.0456. The van der Waals surface area contributed by atoms with Crippen LogP contribution in [0.4, 0.5) is 0 Å². The van der Waals surface area contributed by atoms with Crippen LogP contribution in [0.1, 0.15) is 20.9 Å². The second kappa shape index (κ2) is 9.49. The van der Waals surface area contributed by atoms with Gasteiger partial charge in [-0.3, -0.25) is 4.68 Å². The molecular formula is C22H17Cl3N2O3S. The number of esters is 1. The van der Waals surface area contributed by atoms with Crippen LogP contribution in [0.25, 0.3) is 10.2 Å². The molecule has 0 radical (unpaired) electrons. The first-order valence-electron chi connectivity index (χ1n) is 9.37. The minimum atomic E-state index is -0.407. The highest BCUT2D eigenvalue weighted by atomic mass is 35.5. The van der Waals surface area contributed by atoms with Crippen molar-refractivity contribution in [2.45, 2.75) is 13.5 Å². The first-order valence-corrected chi connectivity index (χ1v) is 11.3. The molecule has 0 unspecified atom stereocenters. The first kappa shape index (κ1) is 22.0. The smallest absolute Gasteiger partial charge is 0.348 e. The molecule has 4 aromatic rings.